The molecule has 1 N–H and O–H groups in total. The fourth-order valence-corrected chi connectivity index (χ4v) is 2.47. The lowest BCUT2D eigenvalue weighted by Crippen LogP contribution is -2.17. The van der Waals surface area contributed by atoms with Crippen molar-refractivity contribution in [3.8, 4) is 11.1 Å². The quantitative estimate of drug-likeness (QED) is 0.732. The predicted molar refractivity (Wildman–Crippen MR) is 83.1 cm³/mol. The highest BCUT2D eigenvalue weighted by molar-refractivity contribution is 5.77. The van der Waals surface area contributed by atoms with E-state index in [1.165, 1.54) is 0 Å². The van der Waals surface area contributed by atoms with Crippen molar-refractivity contribution < 1.29 is 0 Å². The second-order valence-corrected chi connectivity index (χ2v) is 5.12. The molecule has 0 saturated heterocycles. The van der Waals surface area contributed by atoms with Gasteiger partial charge in [-0.05, 0) is 30.2 Å². The van der Waals surface area contributed by atoms with E-state index in [1.807, 2.05) is 18.2 Å². The van der Waals surface area contributed by atoms with Gasteiger partial charge in [0.15, 0.2) is 5.65 Å². The minimum absolute atomic E-state index is 0.0829. The van der Waals surface area contributed by atoms with Crippen LogP contribution >= 0.6 is 0 Å². The van der Waals surface area contributed by atoms with E-state index in [9.17, 15) is 4.79 Å². The highest BCUT2D eigenvalue weighted by Crippen LogP contribution is 2.20. The zero-order chi connectivity index (χ0) is 14.7. The van der Waals surface area contributed by atoms with Crippen LogP contribution in [-0.4, -0.2) is 19.5 Å². The summed E-state index contributed by atoms with van der Waals surface area (Å²) in [6, 6.07) is 5.83. The first-order valence-corrected chi connectivity index (χ1v) is 7.28. The summed E-state index contributed by atoms with van der Waals surface area (Å²) < 4.78 is 1.72. The molecule has 3 rings (SSSR count). The number of hydrogen-bond acceptors (Lipinski definition) is 3. The molecule has 21 heavy (non-hydrogen) atoms. The summed E-state index contributed by atoms with van der Waals surface area (Å²) in [5.74, 6) is 0. The van der Waals surface area contributed by atoms with Crippen molar-refractivity contribution in [1.82, 2.24) is 19.5 Å². The van der Waals surface area contributed by atoms with Crippen molar-refractivity contribution in [2.24, 2.45) is 0 Å². The minimum atomic E-state index is -0.0829. The largest absolute Gasteiger partial charge is 0.327 e. The van der Waals surface area contributed by atoms with Gasteiger partial charge in [0.2, 0.25) is 0 Å². The van der Waals surface area contributed by atoms with Gasteiger partial charge in [0, 0.05) is 30.7 Å². The lowest BCUT2D eigenvalue weighted by molar-refractivity contribution is 0.598. The van der Waals surface area contributed by atoms with Gasteiger partial charge in [0.25, 0.3) is 0 Å². The van der Waals surface area contributed by atoms with E-state index >= 15 is 0 Å². The van der Waals surface area contributed by atoms with Crippen LogP contribution in [0.5, 0.6) is 0 Å². The molecule has 0 aliphatic heterocycles. The van der Waals surface area contributed by atoms with Gasteiger partial charge < -0.3 is 4.98 Å². The number of pyridine rings is 2. The van der Waals surface area contributed by atoms with E-state index in [1.54, 1.807) is 23.2 Å². The number of fused-ring (bicyclic) bond motifs is 1. The van der Waals surface area contributed by atoms with Crippen LogP contribution in [0, 0.1) is 0 Å². The summed E-state index contributed by atoms with van der Waals surface area (Å²) in [7, 11) is 0. The Morgan fingerprint density at radius 1 is 1.19 bits per heavy atom. The molecule has 0 unspecified atom stereocenters. The Hall–Kier alpha value is -2.43. The summed E-state index contributed by atoms with van der Waals surface area (Å²) in [5, 5.41) is 0. The molecule has 0 aliphatic rings. The Morgan fingerprint density at radius 2 is 2.00 bits per heavy atom. The molecule has 5 nitrogen and oxygen atoms in total. The monoisotopic (exact) mass is 282 g/mol. The standard InChI is InChI=1S/C16H18N4O/c1-2-3-4-9-20-15-14(19-16(20)21)10-13(11-18-15)12-5-7-17-8-6-12/h5-8,10-11H,2-4,9H2,1H3,(H,19,21). The van der Waals surface area contributed by atoms with Crippen LogP contribution in [0.25, 0.3) is 22.3 Å². The number of unbranched alkanes of at least 4 members (excludes halogenated alkanes) is 2. The number of aromatic nitrogens is 4. The number of aromatic amines is 1. The van der Waals surface area contributed by atoms with Crippen molar-refractivity contribution in [3.05, 3.63) is 47.3 Å². The molecule has 0 saturated carbocycles. The van der Waals surface area contributed by atoms with Crippen LogP contribution in [0.3, 0.4) is 0 Å². The normalized spacial score (nSPS) is 11.1. The van der Waals surface area contributed by atoms with Crippen molar-refractivity contribution in [1.29, 1.82) is 0 Å². The summed E-state index contributed by atoms with van der Waals surface area (Å²) in [4.78, 5) is 23.4. The van der Waals surface area contributed by atoms with Gasteiger partial charge in [-0.15, -0.1) is 0 Å². The molecule has 3 heterocycles. The first-order chi connectivity index (χ1) is 10.3. The van der Waals surface area contributed by atoms with E-state index in [4.69, 9.17) is 0 Å². The summed E-state index contributed by atoms with van der Waals surface area (Å²) >= 11 is 0. The molecule has 0 bridgehead atoms. The van der Waals surface area contributed by atoms with Crippen LogP contribution in [0.4, 0.5) is 0 Å². The lowest BCUT2D eigenvalue weighted by atomic mass is 10.1. The Bertz CT molecular complexity index is 789. The lowest BCUT2D eigenvalue weighted by Gasteiger charge is -2.03. The first kappa shape index (κ1) is 13.5. The van der Waals surface area contributed by atoms with Crippen molar-refractivity contribution >= 4 is 11.2 Å². The molecule has 0 amide bonds. The SMILES string of the molecule is CCCCCn1c(=O)[nH]c2cc(-c3ccncc3)cnc21. The third-order valence-corrected chi connectivity index (χ3v) is 3.61. The molecule has 108 valence electrons. The molecule has 3 aromatic heterocycles. The van der Waals surface area contributed by atoms with Crippen LogP contribution in [0.15, 0.2) is 41.6 Å². The summed E-state index contributed by atoms with van der Waals surface area (Å²) in [6.45, 7) is 2.87. The number of rotatable bonds is 5. The summed E-state index contributed by atoms with van der Waals surface area (Å²) in [6.07, 6.45) is 8.56. The topological polar surface area (TPSA) is 63.6 Å². The Labute approximate surface area is 122 Å². The molecule has 0 spiro atoms. The number of nitrogens with one attached hydrogen (secondary N) is 1. The van der Waals surface area contributed by atoms with E-state index < -0.39 is 0 Å². The average molecular weight is 282 g/mol. The second-order valence-electron chi connectivity index (χ2n) is 5.12. The number of aryl methyl sites for hydroxylation is 1. The van der Waals surface area contributed by atoms with Crippen LogP contribution in [-0.2, 0) is 6.54 Å². The fourth-order valence-electron chi connectivity index (χ4n) is 2.47. The number of H-pyrrole nitrogens is 1. The molecule has 0 fully saturated rings. The van der Waals surface area contributed by atoms with Gasteiger partial charge in [-0.3, -0.25) is 9.55 Å². The second kappa shape index (κ2) is 5.91. The van der Waals surface area contributed by atoms with Crippen LogP contribution < -0.4 is 5.69 Å². The van der Waals surface area contributed by atoms with E-state index in [-0.39, 0.29) is 5.69 Å². The zero-order valence-electron chi connectivity index (χ0n) is 12.0. The minimum Gasteiger partial charge on any atom is -0.304 e. The van der Waals surface area contributed by atoms with Gasteiger partial charge in [-0.1, -0.05) is 19.8 Å². The molecule has 0 aromatic carbocycles. The maximum absolute atomic E-state index is 12.0. The van der Waals surface area contributed by atoms with Gasteiger partial charge in [-0.2, -0.15) is 0 Å². The molecule has 0 aliphatic carbocycles. The molecular weight excluding hydrogens is 264 g/mol. The predicted octanol–water partition coefficient (Wildman–Crippen LogP) is 2.98. The average Bonchev–Trinajstić information content (AvgIpc) is 2.83. The van der Waals surface area contributed by atoms with Crippen molar-refractivity contribution in [2.45, 2.75) is 32.7 Å². The Kier molecular flexibility index (Phi) is 3.81. The highest BCUT2D eigenvalue weighted by Gasteiger charge is 2.09. The van der Waals surface area contributed by atoms with E-state index in [0.717, 1.165) is 41.6 Å². The van der Waals surface area contributed by atoms with Crippen LogP contribution in [0.2, 0.25) is 0 Å². The van der Waals surface area contributed by atoms with Crippen molar-refractivity contribution in [2.75, 3.05) is 0 Å². The molecule has 0 atom stereocenters. The Morgan fingerprint density at radius 3 is 2.76 bits per heavy atom. The smallest absolute Gasteiger partial charge is 0.304 e. The third kappa shape index (κ3) is 2.72. The molecule has 5 heteroatoms. The van der Waals surface area contributed by atoms with E-state index in [2.05, 4.69) is 21.9 Å². The van der Waals surface area contributed by atoms with Gasteiger partial charge in [0.1, 0.15) is 0 Å². The molecule has 3 aromatic rings. The Balaban J connectivity index is 1.99. The highest BCUT2D eigenvalue weighted by atomic mass is 16.1. The van der Waals surface area contributed by atoms with Gasteiger partial charge in [-0.25, -0.2) is 9.78 Å². The van der Waals surface area contributed by atoms with Gasteiger partial charge in [0.05, 0.1) is 5.52 Å². The summed E-state index contributed by atoms with van der Waals surface area (Å²) in [5.41, 5.74) is 3.45. The van der Waals surface area contributed by atoms with Crippen LogP contribution in [0.1, 0.15) is 26.2 Å². The van der Waals surface area contributed by atoms with Crippen molar-refractivity contribution in [3.63, 3.8) is 0 Å². The first-order valence-electron chi connectivity index (χ1n) is 7.28. The number of imidazole rings is 1. The molecular formula is C16H18N4O. The maximum Gasteiger partial charge on any atom is 0.327 e. The van der Waals surface area contributed by atoms with Gasteiger partial charge >= 0.3 is 5.69 Å². The molecule has 0 radical (unpaired) electrons. The zero-order valence-corrected chi connectivity index (χ0v) is 12.0. The maximum atomic E-state index is 12.0. The fraction of sp³-hybridized carbons (Fsp3) is 0.312. The van der Waals surface area contributed by atoms with E-state index in [0.29, 0.717) is 6.54 Å². The number of nitrogens with zero attached hydrogens (tertiary/aromatic N) is 3. The number of hydrogen-bond donors (Lipinski definition) is 1. The third-order valence-electron chi connectivity index (χ3n) is 3.61.